The first kappa shape index (κ1) is 18.5. The molecule has 6 heteroatoms. The standard InChI is InChI=1S/C22H19IN4O/c1-14-11-16(15(2)27(14)18-9-7-17(23)8-10-18)12-25-26-22(28)20-13-24-21-6-4-3-5-19(20)21/h3-13,24H,1-2H3,(H,26,28)/b25-12-. The number of halogens is 1. The van der Waals surface area contributed by atoms with Crippen LogP contribution in [-0.4, -0.2) is 21.7 Å². The molecule has 0 fully saturated rings. The van der Waals surface area contributed by atoms with Crippen molar-refractivity contribution in [1.82, 2.24) is 15.0 Å². The minimum Gasteiger partial charge on any atom is -0.360 e. The Hall–Kier alpha value is -2.87. The fourth-order valence-corrected chi connectivity index (χ4v) is 3.75. The van der Waals surface area contributed by atoms with Gasteiger partial charge in [-0.3, -0.25) is 4.79 Å². The summed E-state index contributed by atoms with van der Waals surface area (Å²) in [6.45, 7) is 4.11. The summed E-state index contributed by atoms with van der Waals surface area (Å²) in [7, 11) is 0. The van der Waals surface area contributed by atoms with E-state index in [1.54, 1.807) is 12.4 Å². The fraction of sp³-hybridized carbons (Fsp3) is 0.0909. The Morgan fingerprint density at radius 2 is 1.89 bits per heavy atom. The number of benzene rings is 2. The second kappa shape index (κ2) is 7.63. The Morgan fingerprint density at radius 1 is 1.14 bits per heavy atom. The smallest absolute Gasteiger partial charge is 0.273 e. The molecule has 5 nitrogen and oxygen atoms in total. The van der Waals surface area contributed by atoms with Gasteiger partial charge in [0.2, 0.25) is 0 Å². The Morgan fingerprint density at radius 3 is 2.68 bits per heavy atom. The second-order valence-corrected chi connectivity index (χ2v) is 7.83. The van der Waals surface area contributed by atoms with Crippen LogP contribution in [0.5, 0.6) is 0 Å². The van der Waals surface area contributed by atoms with Gasteiger partial charge in [-0.2, -0.15) is 5.10 Å². The minimum absolute atomic E-state index is 0.236. The van der Waals surface area contributed by atoms with Crippen molar-refractivity contribution in [2.75, 3.05) is 0 Å². The third kappa shape index (κ3) is 3.47. The molecule has 0 radical (unpaired) electrons. The first-order chi connectivity index (χ1) is 13.5. The zero-order valence-electron chi connectivity index (χ0n) is 15.5. The Labute approximate surface area is 176 Å². The number of H-pyrrole nitrogens is 1. The summed E-state index contributed by atoms with van der Waals surface area (Å²) in [4.78, 5) is 15.6. The van der Waals surface area contributed by atoms with Crippen molar-refractivity contribution in [3.63, 3.8) is 0 Å². The Bertz CT molecular complexity index is 1190. The van der Waals surface area contributed by atoms with Gasteiger partial charge in [-0.1, -0.05) is 18.2 Å². The van der Waals surface area contributed by atoms with Gasteiger partial charge >= 0.3 is 0 Å². The molecule has 0 aliphatic carbocycles. The van der Waals surface area contributed by atoms with Crippen LogP contribution in [0.25, 0.3) is 16.6 Å². The van der Waals surface area contributed by atoms with Crippen LogP contribution in [0.1, 0.15) is 27.3 Å². The molecule has 0 atom stereocenters. The lowest BCUT2D eigenvalue weighted by Crippen LogP contribution is -2.17. The molecule has 4 rings (SSSR count). The van der Waals surface area contributed by atoms with Crippen molar-refractivity contribution in [3.8, 4) is 5.69 Å². The van der Waals surface area contributed by atoms with Gasteiger partial charge in [0.05, 0.1) is 11.8 Å². The number of carbonyl (C=O) groups is 1. The van der Waals surface area contributed by atoms with Gasteiger partial charge in [0.25, 0.3) is 5.91 Å². The maximum Gasteiger partial charge on any atom is 0.273 e. The van der Waals surface area contributed by atoms with E-state index < -0.39 is 0 Å². The Kier molecular flexibility index (Phi) is 5.04. The van der Waals surface area contributed by atoms with Crippen LogP contribution >= 0.6 is 22.6 Å². The van der Waals surface area contributed by atoms with E-state index >= 15 is 0 Å². The van der Waals surface area contributed by atoms with Crippen molar-refractivity contribution in [3.05, 3.63) is 86.9 Å². The van der Waals surface area contributed by atoms with Gasteiger partial charge < -0.3 is 9.55 Å². The van der Waals surface area contributed by atoms with Crippen molar-refractivity contribution in [2.45, 2.75) is 13.8 Å². The molecular formula is C22H19IN4O. The highest BCUT2D eigenvalue weighted by Gasteiger charge is 2.12. The average molecular weight is 482 g/mol. The molecule has 0 saturated carbocycles. The van der Waals surface area contributed by atoms with Crippen molar-refractivity contribution in [2.24, 2.45) is 5.10 Å². The molecule has 2 N–H and O–H groups in total. The maximum absolute atomic E-state index is 12.5. The molecule has 140 valence electrons. The number of aromatic nitrogens is 2. The van der Waals surface area contributed by atoms with E-state index in [2.05, 4.69) is 79.9 Å². The number of rotatable bonds is 4. The highest BCUT2D eigenvalue weighted by molar-refractivity contribution is 14.1. The summed E-state index contributed by atoms with van der Waals surface area (Å²) in [5, 5.41) is 5.06. The number of amides is 1. The SMILES string of the molecule is Cc1cc(/C=N\NC(=O)c2c[nH]c3ccccc23)c(C)n1-c1ccc(I)cc1. The number of hydrazone groups is 1. The van der Waals surface area contributed by atoms with Crippen molar-refractivity contribution >= 4 is 45.6 Å². The third-order valence-electron chi connectivity index (χ3n) is 4.76. The maximum atomic E-state index is 12.5. The fourth-order valence-electron chi connectivity index (χ4n) is 3.39. The van der Waals surface area contributed by atoms with Gasteiger partial charge in [-0.25, -0.2) is 5.43 Å². The molecule has 2 aromatic heterocycles. The van der Waals surface area contributed by atoms with E-state index in [0.717, 1.165) is 33.5 Å². The molecule has 4 aromatic rings. The first-order valence-electron chi connectivity index (χ1n) is 8.89. The van der Waals surface area contributed by atoms with Crippen LogP contribution in [0.2, 0.25) is 0 Å². The third-order valence-corrected chi connectivity index (χ3v) is 5.48. The van der Waals surface area contributed by atoms with Gasteiger partial charge in [-0.15, -0.1) is 0 Å². The number of carbonyl (C=O) groups excluding carboxylic acids is 1. The summed E-state index contributed by atoms with van der Waals surface area (Å²) >= 11 is 2.30. The highest BCUT2D eigenvalue weighted by atomic mass is 127. The van der Waals surface area contributed by atoms with E-state index in [4.69, 9.17) is 0 Å². The number of hydrogen-bond donors (Lipinski definition) is 2. The minimum atomic E-state index is -0.236. The lowest BCUT2D eigenvalue weighted by molar-refractivity contribution is 0.0957. The van der Waals surface area contributed by atoms with E-state index in [9.17, 15) is 4.79 Å². The van der Waals surface area contributed by atoms with E-state index in [0.29, 0.717) is 5.56 Å². The predicted octanol–water partition coefficient (Wildman–Crippen LogP) is 4.94. The largest absolute Gasteiger partial charge is 0.360 e. The molecule has 0 unspecified atom stereocenters. The highest BCUT2D eigenvalue weighted by Crippen LogP contribution is 2.21. The second-order valence-electron chi connectivity index (χ2n) is 6.59. The van der Waals surface area contributed by atoms with E-state index in [1.165, 1.54) is 3.57 Å². The van der Waals surface area contributed by atoms with Crippen molar-refractivity contribution < 1.29 is 4.79 Å². The Balaban J connectivity index is 1.54. The normalized spacial score (nSPS) is 11.4. The van der Waals surface area contributed by atoms with Gasteiger partial charge in [0.1, 0.15) is 0 Å². The number of fused-ring (bicyclic) bond motifs is 1. The summed E-state index contributed by atoms with van der Waals surface area (Å²) in [6, 6.07) is 18.1. The number of aryl methyl sites for hydroxylation is 1. The molecule has 2 heterocycles. The summed E-state index contributed by atoms with van der Waals surface area (Å²) in [5.74, 6) is -0.236. The van der Waals surface area contributed by atoms with Gasteiger partial charge in [0.15, 0.2) is 0 Å². The number of aromatic amines is 1. The van der Waals surface area contributed by atoms with Crippen molar-refractivity contribution in [1.29, 1.82) is 0 Å². The topological polar surface area (TPSA) is 62.2 Å². The van der Waals surface area contributed by atoms with Crippen LogP contribution in [-0.2, 0) is 0 Å². The zero-order chi connectivity index (χ0) is 19.7. The molecule has 0 saturated heterocycles. The number of nitrogens with one attached hydrogen (secondary N) is 2. The molecule has 2 aromatic carbocycles. The average Bonchev–Trinajstić information content (AvgIpc) is 3.24. The quantitative estimate of drug-likeness (QED) is 0.242. The lowest BCUT2D eigenvalue weighted by Gasteiger charge is -2.09. The molecule has 0 aliphatic heterocycles. The van der Waals surface area contributed by atoms with Crippen LogP contribution < -0.4 is 5.43 Å². The summed E-state index contributed by atoms with van der Waals surface area (Å²) < 4.78 is 3.38. The molecular weight excluding hydrogens is 463 g/mol. The predicted molar refractivity (Wildman–Crippen MR) is 121 cm³/mol. The van der Waals surface area contributed by atoms with Crippen LogP contribution in [0.4, 0.5) is 0 Å². The number of hydrogen-bond acceptors (Lipinski definition) is 2. The van der Waals surface area contributed by atoms with E-state index in [-0.39, 0.29) is 5.91 Å². The molecule has 0 aliphatic rings. The van der Waals surface area contributed by atoms with Crippen LogP contribution in [0.3, 0.4) is 0 Å². The van der Waals surface area contributed by atoms with Gasteiger partial charge in [-0.05, 0) is 72.8 Å². The molecule has 0 bridgehead atoms. The molecule has 1 amide bonds. The zero-order valence-corrected chi connectivity index (χ0v) is 17.7. The van der Waals surface area contributed by atoms with Crippen LogP contribution in [0.15, 0.2) is 65.9 Å². The molecule has 28 heavy (non-hydrogen) atoms. The number of para-hydroxylation sites is 1. The van der Waals surface area contributed by atoms with E-state index in [1.807, 2.05) is 31.2 Å². The lowest BCUT2D eigenvalue weighted by atomic mass is 10.2. The summed E-state index contributed by atoms with van der Waals surface area (Å²) in [5.41, 5.74) is 8.40. The number of nitrogens with zero attached hydrogens (tertiary/aromatic N) is 2. The molecule has 0 spiro atoms. The summed E-state index contributed by atoms with van der Waals surface area (Å²) in [6.07, 6.45) is 3.40. The first-order valence-corrected chi connectivity index (χ1v) is 9.97. The monoisotopic (exact) mass is 482 g/mol. The van der Waals surface area contributed by atoms with Crippen LogP contribution in [0, 0.1) is 17.4 Å². The van der Waals surface area contributed by atoms with Gasteiger partial charge in [0, 0.05) is 43.3 Å².